The van der Waals surface area contributed by atoms with Crippen molar-refractivity contribution in [2.75, 3.05) is 3.71 Å². The highest BCUT2D eigenvalue weighted by atomic mass is 32.3. The highest BCUT2D eigenvalue weighted by molar-refractivity contribution is 8.10. The molecule has 0 radical (unpaired) electrons. The van der Waals surface area contributed by atoms with Crippen LogP contribution in [0, 0.1) is 11.6 Å². The lowest BCUT2D eigenvalue weighted by molar-refractivity contribution is 0.583. The Morgan fingerprint density at radius 1 is 0.750 bits per heavy atom. The number of halogens is 2. The minimum atomic E-state index is -4.75. The molecule has 164 valence electrons. The lowest BCUT2D eigenvalue weighted by Gasteiger charge is -2.24. The maximum Gasteiger partial charge on any atom is 0.277 e. The van der Waals surface area contributed by atoms with Gasteiger partial charge in [0, 0.05) is 0 Å². The van der Waals surface area contributed by atoms with Crippen molar-refractivity contribution in [3.8, 4) is 5.69 Å². The van der Waals surface area contributed by atoms with Crippen LogP contribution in [0.4, 0.5) is 14.5 Å². The predicted octanol–water partition coefficient (Wildman–Crippen LogP) is 2.52. The molecule has 0 aliphatic carbocycles. The summed E-state index contributed by atoms with van der Waals surface area (Å²) in [6.45, 7) is 0. The van der Waals surface area contributed by atoms with Gasteiger partial charge in [-0.1, -0.05) is 6.07 Å². The molecular formula is C19H13F2N5O4S2. The van der Waals surface area contributed by atoms with E-state index in [1.54, 1.807) is 0 Å². The fourth-order valence-electron chi connectivity index (χ4n) is 2.84. The van der Waals surface area contributed by atoms with E-state index in [-0.39, 0.29) is 15.1 Å². The number of tetrazole rings is 1. The summed E-state index contributed by atoms with van der Waals surface area (Å²) < 4.78 is 81.9. The predicted molar refractivity (Wildman–Crippen MR) is 109 cm³/mol. The number of aromatic nitrogens is 4. The average molecular weight is 477 g/mol. The lowest BCUT2D eigenvalue weighted by atomic mass is 10.3. The number of hydrogen-bond acceptors (Lipinski definition) is 7. The van der Waals surface area contributed by atoms with Crippen molar-refractivity contribution in [2.45, 2.75) is 9.79 Å². The number of sulfonamides is 2. The molecule has 0 saturated heterocycles. The van der Waals surface area contributed by atoms with Crippen molar-refractivity contribution in [3.63, 3.8) is 0 Å². The van der Waals surface area contributed by atoms with Crippen molar-refractivity contribution in [2.24, 2.45) is 0 Å². The first kappa shape index (κ1) is 21.5. The Bertz CT molecular complexity index is 1380. The van der Waals surface area contributed by atoms with Gasteiger partial charge in [-0.3, -0.25) is 0 Å². The molecule has 13 heteroatoms. The second-order valence-electron chi connectivity index (χ2n) is 6.39. The molecule has 0 unspecified atom stereocenters. The molecule has 0 bridgehead atoms. The number of anilines is 1. The second-order valence-corrected chi connectivity index (χ2v) is 10.2. The first-order chi connectivity index (χ1) is 15.2. The Hall–Kier alpha value is -3.71. The highest BCUT2D eigenvalue weighted by Gasteiger charge is 2.37. The summed E-state index contributed by atoms with van der Waals surface area (Å²) in [4.78, 5) is -0.921. The molecule has 3 aromatic carbocycles. The third-order valence-electron chi connectivity index (χ3n) is 4.31. The van der Waals surface area contributed by atoms with Crippen LogP contribution in [0.25, 0.3) is 5.69 Å². The summed E-state index contributed by atoms with van der Waals surface area (Å²) in [6, 6.07) is 12.8. The largest absolute Gasteiger partial charge is 0.277 e. The van der Waals surface area contributed by atoms with Crippen LogP contribution in [0.3, 0.4) is 0 Å². The standard InChI is InChI=1S/C19H13F2N5O4S2/c20-14-4-8-18(9-5-14)31(27,28)26(32(29,30)19-10-6-15(21)7-11-19)17-3-1-2-16(12-17)25-13-22-23-24-25/h1-13H. The fourth-order valence-corrected chi connectivity index (χ4v) is 6.52. The molecule has 4 aromatic rings. The van der Waals surface area contributed by atoms with E-state index < -0.39 is 41.5 Å². The first-order valence-corrected chi connectivity index (χ1v) is 11.7. The van der Waals surface area contributed by atoms with Crippen LogP contribution in [0.2, 0.25) is 0 Å². The minimum absolute atomic E-state index is 0.203. The molecule has 4 rings (SSSR count). The number of benzene rings is 3. The van der Waals surface area contributed by atoms with E-state index in [9.17, 15) is 25.6 Å². The van der Waals surface area contributed by atoms with Gasteiger partial charge < -0.3 is 0 Å². The van der Waals surface area contributed by atoms with E-state index in [0.29, 0.717) is 0 Å². The normalized spacial score (nSPS) is 11.9. The van der Waals surface area contributed by atoms with Crippen LogP contribution < -0.4 is 3.71 Å². The molecule has 0 spiro atoms. The van der Waals surface area contributed by atoms with Gasteiger partial charge in [-0.15, -0.1) is 5.10 Å². The quantitative estimate of drug-likeness (QED) is 0.419. The molecule has 0 atom stereocenters. The number of nitrogens with zero attached hydrogens (tertiary/aromatic N) is 5. The zero-order valence-electron chi connectivity index (χ0n) is 15.9. The van der Waals surface area contributed by atoms with Gasteiger partial charge in [-0.05, 0) is 77.2 Å². The third kappa shape index (κ3) is 3.94. The van der Waals surface area contributed by atoms with Crippen molar-refractivity contribution in [1.29, 1.82) is 0 Å². The van der Waals surface area contributed by atoms with Gasteiger partial charge in [-0.2, -0.15) is 3.71 Å². The minimum Gasteiger partial charge on any atom is -0.207 e. The second kappa shape index (κ2) is 8.09. The monoisotopic (exact) mass is 477 g/mol. The van der Waals surface area contributed by atoms with Gasteiger partial charge in [0.25, 0.3) is 20.0 Å². The van der Waals surface area contributed by atoms with E-state index in [1.165, 1.54) is 35.3 Å². The number of hydrogen-bond donors (Lipinski definition) is 0. The zero-order chi connectivity index (χ0) is 22.9. The molecule has 1 heterocycles. The molecule has 0 fully saturated rings. The molecule has 1 aromatic heterocycles. The Labute approximate surface area is 181 Å². The van der Waals surface area contributed by atoms with E-state index in [2.05, 4.69) is 15.5 Å². The van der Waals surface area contributed by atoms with Crippen LogP contribution in [-0.2, 0) is 20.0 Å². The SMILES string of the molecule is O=S(=O)(c1ccc(F)cc1)N(c1cccc(-n2cnnn2)c1)S(=O)(=O)c1ccc(F)cc1. The van der Waals surface area contributed by atoms with E-state index in [4.69, 9.17) is 0 Å². The molecule has 0 amide bonds. The summed E-state index contributed by atoms with van der Waals surface area (Å²) in [6.07, 6.45) is 1.24. The van der Waals surface area contributed by atoms with Crippen LogP contribution in [-0.4, -0.2) is 37.0 Å². The zero-order valence-corrected chi connectivity index (χ0v) is 17.6. The van der Waals surface area contributed by atoms with E-state index in [1.807, 2.05) is 0 Å². The first-order valence-electron chi connectivity index (χ1n) is 8.85. The van der Waals surface area contributed by atoms with Gasteiger partial charge in [-0.25, -0.2) is 30.3 Å². The Balaban J connectivity index is 1.94. The summed E-state index contributed by atoms with van der Waals surface area (Å²) in [7, 11) is -9.50. The molecule has 0 aliphatic rings. The smallest absolute Gasteiger partial charge is 0.207 e. The lowest BCUT2D eigenvalue weighted by Crippen LogP contribution is -2.37. The van der Waals surface area contributed by atoms with Gasteiger partial charge in [0.15, 0.2) is 0 Å². The summed E-state index contributed by atoms with van der Waals surface area (Å²) in [5.41, 5.74) is 0.0211. The molecule has 32 heavy (non-hydrogen) atoms. The Kier molecular flexibility index (Phi) is 5.44. The molecule has 0 saturated carbocycles. The summed E-state index contributed by atoms with van der Waals surface area (Å²) in [5, 5.41) is 10.7. The fraction of sp³-hybridized carbons (Fsp3) is 0. The number of rotatable bonds is 6. The van der Waals surface area contributed by atoms with Crippen molar-refractivity contribution >= 4 is 25.7 Å². The van der Waals surface area contributed by atoms with Crippen LogP contribution >= 0.6 is 0 Å². The molecule has 0 aliphatic heterocycles. The van der Waals surface area contributed by atoms with E-state index in [0.717, 1.165) is 48.5 Å². The summed E-state index contributed by atoms with van der Waals surface area (Å²) in [5.74, 6) is -1.39. The Morgan fingerprint density at radius 2 is 1.28 bits per heavy atom. The molecule has 0 N–H and O–H groups in total. The van der Waals surface area contributed by atoms with E-state index >= 15 is 0 Å². The van der Waals surface area contributed by atoms with Crippen LogP contribution in [0.15, 0.2) is 88.9 Å². The van der Waals surface area contributed by atoms with Crippen LogP contribution in [0.5, 0.6) is 0 Å². The maximum absolute atomic E-state index is 13.4. The van der Waals surface area contributed by atoms with Gasteiger partial charge >= 0.3 is 0 Å². The average Bonchev–Trinajstić information content (AvgIpc) is 3.29. The van der Waals surface area contributed by atoms with Gasteiger partial charge in [0.1, 0.15) is 18.0 Å². The third-order valence-corrected chi connectivity index (χ3v) is 8.52. The summed E-state index contributed by atoms with van der Waals surface area (Å²) >= 11 is 0. The Morgan fingerprint density at radius 3 is 1.75 bits per heavy atom. The van der Waals surface area contributed by atoms with Gasteiger partial charge in [0.05, 0.1) is 21.2 Å². The highest BCUT2D eigenvalue weighted by Crippen LogP contribution is 2.32. The molecule has 9 nitrogen and oxygen atoms in total. The van der Waals surface area contributed by atoms with Crippen molar-refractivity contribution in [3.05, 3.63) is 90.8 Å². The van der Waals surface area contributed by atoms with Crippen LogP contribution in [0.1, 0.15) is 0 Å². The van der Waals surface area contributed by atoms with Crippen molar-refractivity contribution in [1.82, 2.24) is 20.2 Å². The maximum atomic E-state index is 13.4. The van der Waals surface area contributed by atoms with Gasteiger partial charge in [0.2, 0.25) is 0 Å². The molecular weight excluding hydrogens is 464 g/mol. The van der Waals surface area contributed by atoms with Crippen molar-refractivity contribution < 1.29 is 25.6 Å². The topological polar surface area (TPSA) is 115 Å².